The van der Waals surface area contributed by atoms with Crippen LogP contribution in [0.5, 0.6) is 0 Å². The predicted molar refractivity (Wildman–Crippen MR) is 54.2 cm³/mol. The monoisotopic (exact) mass is 190 g/mol. The van der Waals surface area contributed by atoms with E-state index in [1.54, 1.807) is 4.63 Å². The van der Waals surface area contributed by atoms with Crippen LogP contribution < -0.4 is 0 Å². The van der Waals surface area contributed by atoms with Gasteiger partial charge in [-0.2, -0.15) is 5.10 Å². The van der Waals surface area contributed by atoms with Crippen molar-refractivity contribution in [1.82, 2.24) is 19.8 Å². The van der Waals surface area contributed by atoms with Crippen molar-refractivity contribution in [2.75, 3.05) is 0 Å². The number of nitrogens with zero attached hydrogens (tertiary/aromatic N) is 4. The zero-order valence-electron chi connectivity index (χ0n) is 8.73. The Morgan fingerprint density at radius 1 is 1.36 bits per heavy atom. The molecule has 0 aliphatic rings. The second-order valence-electron chi connectivity index (χ2n) is 3.57. The van der Waals surface area contributed by atoms with Gasteiger partial charge in [-0.25, -0.2) is 4.98 Å². The third-order valence-electron chi connectivity index (χ3n) is 2.45. The van der Waals surface area contributed by atoms with Gasteiger partial charge >= 0.3 is 0 Å². The Morgan fingerprint density at radius 3 is 2.86 bits per heavy atom. The van der Waals surface area contributed by atoms with Gasteiger partial charge in [0.05, 0.1) is 5.69 Å². The molecule has 0 saturated carbocycles. The van der Waals surface area contributed by atoms with Crippen molar-refractivity contribution < 1.29 is 0 Å². The first-order valence-electron chi connectivity index (χ1n) is 4.91. The molecule has 0 amide bonds. The van der Waals surface area contributed by atoms with Crippen LogP contribution in [0.25, 0.3) is 5.65 Å². The molecule has 4 heteroatoms. The summed E-state index contributed by atoms with van der Waals surface area (Å²) in [5.74, 6) is 1.24. The average molecular weight is 190 g/mol. The highest BCUT2D eigenvalue weighted by atomic mass is 15.4. The highest BCUT2D eigenvalue weighted by Crippen LogP contribution is 2.15. The van der Waals surface area contributed by atoms with Gasteiger partial charge in [-0.05, 0) is 31.4 Å². The van der Waals surface area contributed by atoms with E-state index < -0.39 is 0 Å². The highest BCUT2D eigenvalue weighted by Gasteiger charge is 2.07. The Morgan fingerprint density at radius 2 is 2.14 bits per heavy atom. The first-order valence-corrected chi connectivity index (χ1v) is 4.91. The molecule has 1 atom stereocenters. The van der Waals surface area contributed by atoms with Crippen LogP contribution in [-0.4, -0.2) is 19.8 Å². The lowest BCUT2D eigenvalue weighted by atomic mass is 10.1. The van der Waals surface area contributed by atoms with Crippen LogP contribution in [0.3, 0.4) is 0 Å². The molecule has 0 aliphatic heterocycles. The van der Waals surface area contributed by atoms with Crippen molar-refractivity contribution in [2.24, 2.45) is 0 Å². The van der Waals surface area contributed by atoms with E-state index in [2.05, 4.69) is 29.0 Å². The Hall–Kier alpha value is -1.45. The van der Waals surface area contributed by atoms with Crippen LogP contribution >= 0.6 is 0 Å². The Labute approximate surface area is 83.0 Å². The molecule has 4 nitrogen and oxygen atoms in total. The summed E-state index contributed by atoms with van der Waals surface area (Å²) in [6, 6.07) is 3.99. The van der Waals surface area contributed by atoms with Crippen molar-refractivity contribution >= 4 is 5.65 Å². The number of rotatable bonds is 2. The quantitative estimate of drug-likeness (QED) is 0.726. The summed E-state index contributed by atoms with van der Waals surface area (Å²) in [4.78, 5) is 4.23. The van der Waals surface area contributed by atoms with E-state index in [4.69, 9.17) is 0 Å². The second-order valence-corrected chi connectivity index (χ2v) is 3.57. The molecule has 2 aromatic heterocycles. The molecular weight excluding hydrogens is 176 g/mol. The lowest BCUT2D eigenvalue weighted by Crippen LogP contribution is -2.02. The van der Waals surface area contributed by atoms with E-state index in [9.17, 15) is 0 Å². The Bertz CT molecular complexity index is 446. The fraction of sp³-hybridized carbons (Fsp3) is 0.500. The number of hydrogen-bond acceptors (Lipinski definition) is 3. The number of hydrogen-bond donors (Lipinski definition) is 0. The summed E-state index contributed by atoms with van der Waals surface area (Å²) >= 11 is 0. The van der Waals surface area contributed by atoms with Gasteiger partial charge < -0.3 is 0 Å². The first kappa shape index (κ1) is 9.12. The van der Waals surface area contributed by atoms with Crippen molar-refractivity contribution in [1.29, 1.82) is 0 Å². The lowest BCUT2D eigenvalue weighted by Gasteiger charge is -2.06. The molecule has 0 radical (unpaired) electrons. The largest absolute Gasteiger partial charge is 0.210 e. The summed E-state index contributed by atoms with van der Waals surface area (Å²) in [6.07, 6.45) is 1.09. The zero-order valence-corrected chi connectivity index (χ0v) is 8.73. The fourth-order valence-corrected chi connectivity index (χ4v) is 1.37. The summed E-state index contributed by atoms with van der Waals surface area (Å²) < 4.78 is 1.61. The van der Waals surface area contributed by atoms with Crippen LogP contribution in [0.4, 0.5) is 0 Å². The summed E-state index contributed by atoms with van der Waals surface area (Å²) in [7, 11) is 0. The van der Waals surface area contributed by atoms with Crippen LogP contribution in [0.2, 0.25) is 0 Å². The maximum atomic E-state index is 4.41. The zero-order chi connectivity index (χ0) is 10.1. The van der Waals surface area contributed by atoms with Crippen molar-refractivity contribution in [3.8, 4) is 0 Å². The minimum Gasteiger partial charge on any atom is -0.210 e. The Balaban J connectivity index is 2.50. The molecule has 2 rings (SSSR count). The summed E-state index contributed by atoms with van der Waals surface area (Å²) in [6.45, 7) is 6.19. The first-order chi connectivity index (χ1) is 6.70. The van der Waals surface area contributed by atoms with E-state index in [1.165, 1.54) is 0 Å². The van der Waals surface area contributed by atoms with E-state index in [0.717, 1.165) is 23.6 Å². The van der Waals surface area contributed by atoms with Gasteiger partial charge in [-0.15, -0.1) is 9.73 Å². The molecular formula is C10H14N4. The molecule has 14 heavy (non-hydrogen) atoms. The number of aromatic nitrogens is 4. The maximum Gasteiger partial charge on any atom is 0.176 e. The molecule has 0 bridgehead atoms. The maximum absolute atomic E-state index is 4.41. The van der Waals surface area contributed by atoms with Gasteiger partial charge in [-0.3, -0.25) is 0 Å². The van der Waals surface area contributed by atoms with E-state index in [0.29, 0.717) is 5.92 Å². The minimum atomic E-state index is 0.476. The normalized spacial score (nSPS) is 13.4. The molecule has 74 valence electrons. The van der Waals surface area contributed by atoms with Gasteiger partial charge in [0.1, 0.15) is 5.82 Å². The SMILES string of the molecule is CCC(C)c1ccc2nc(C)nn2n1. The Kier molecular flexibility index (Phi) is 2.19. The van der Waals surface area contributed by atoms with Gasteiger partial charge in [0.2, 0.25) is 0 Å². The van der Waals surface area contributed by atoms with E-state index >= 15 is 0 Å². The topological polar surface area (TPSA) is 43.1 Å². The average Bonchev–Trinajstić information content (AvgIpc) is 2.55. The smallest absolute Gasteiger partial charge is 0.176 e. The van der Waals surface area contributed by atoms with E-state index in [-0.39, 0.29) is 0 Å². The molecule has 2 heterocycles. The molecule has 0 fully saturated rings. The van der Waals surface area contributed by atoms with Gasteiger partial charge in [0.15, 0.2) is 5.65 Å². The molecule has 0 N–H and O–H groups in total. The van der Waals surface area contributed by atoms with Crippen molar-refractivity contribution in [3.05, 3.63) is 23.7 Å². The number of fused-ring (bicyclic) bond motifs is 1. The van der Waals surface area contributed by atoms with Crippen molar-refractivity contribution in [3.63, 3.8) is 0 Å². The third kappa shape index (κ3) is 1.47. The summed E-state index contributed by atoms with van der Waals surface area (Å²) in [5, 5.41) is 8.59. The standard InChI is InChI=1S/C10H14N4/c1-4-7(2)9-5-6-10-11-8(3)12-14(10)13-9/h5-7H,4H2,1-3H3. The molecule has 2 aromatic rings. The third-order valence-corrected chi connectivity index (χ3v) is 2.45. The van der Waals surface area contributed by atoms with E-state index in [1.807, 2.05) is 19.1 Å². The van der Waals surface area contributed by atoms with Crippen molar-refractivity contribution in [2.45, 2.75) is 33.1 Å². The molecule has 0 spiro atoms. The highest BCUT2D eigenvalue weighted by molar-refractivity contribution is 5.35. The second kappa shape index (κ2) is 3.36. The van der Waals surface area contributed by atoms with Crippen LogP contribution in [0.15, 0.2) is 12.1 Å². The minimum absolute atomic E-state index is 0.476. The van der Waals surface area contributed by atoms with Crippen LogP contribution in [0.1, 0.15) is 37.7 Å². The molecule has 0 aromatic carbocycles. The summed E-state index contributed by atoms with van der Waals surface area (Å²) in [5.41, 5.74) is 1.89. The molecule has 0 aliphatic carbocycles. The van der Waals surface area contributed by atoms with Gasteiger partial charge in [-0.1, -0.05) is 13.8 Å². The lowest BCUT2D eigenvalue weighted by molar-refractivity contribution is 0.658. The van der Waals surface area contributed by atoms with Crippen LogP contribution in [0, 0.1) is 6.92 Å². The predicted octanol–water partition coefficient (Wildman–Crippen LogP) is 1.95. The van der Waals surface area contributed by atoms with Gasteiger partial charge in [0.25, 0.3) is 0 Å². The molecule has 1 unspecified atom stereocenters. The fourth-order valence-electron chi connectivity index (χ4n) is 1.37. The molecule has 0 saturated heterocycles. The van der Waals surface area contributed by atoms with Gasteiger partial charge in [0, 0.05) is 0 Å². The van der Waals surface area contributed by atoms with Crippen LogP contribution in [-0.2, 0) is 0 Å². The number of aryl methyl sites for hydroxylation is 1.